The van der Waals surface area contributed by atoms with Crippen molar-refractivity contribution in [1.29, 1.82) is 0 Å². The van der Waals surface area contributed by atoms with Gasteiger partial charge in [0, 0.05) is 92.6 Å². The fourth-order valence-corrected chi connectivity index (χ4v) is 4.71. The van der Waals surface area contributed by atoms with E-state index in [0.29, 0.717) is 0 Å². The Labute approximate surface area is 185 Å². The molecule has 0 saturated carbocycles. The zero-order valence-electron chi connectivity index (χ0n) is 18.2. The first-order chi connectivity index (χ1) is 15.7. The number of piperazine rings is 1. The van der Waals surface area contributed by atoms with Crippen molar-refractivity contribution in [2.75, 3.05) is 36.0 Å². The van der Waals surface area contributed by atoms with Crippen molar-refractivity contribution in [3.05, 3.63) is 60.9 Å². The van der Waals surface area contributed by atoms with Gasteiger partial charge in [-0.15, -0.1) is 0 Å². The molecule has 6 rings (SSSR count). The summed E-state index contributed by atoms with van der Waals surface area (Å²) in [6.45, 7) is 5.80. The molecule has 0 radical (unpaired) electrons. The van der Waals surface area contributed by atoms with Crippen LogP contribution in [0.4, 0.5) is 11.5 Å². The molecule has 8 heteroatoms. The molecule has 8 nitrogen and oxygen atoms in total. The Bertz CT molecular complexity index is 1420. The average Bonchev–Trinajstić information content (AvgIpc) is 3.40. The van der Waals surface area contributed by atoms with Crippen molar-refractivity contribution in [1.82, 2.24) is 29.5 Å². The molecule has 1 aliphatic heterocycles. The van der Waals surface area contributed by atoms with Gasteiger partial charge in [-0.05, 0) is 30.7 Å². The van der Waals surface area contributed by atoms with E-state index in [9.17, 15) is 0 Å². The number of hydrogen-bond donors (Lipinski definition) is 1. The highest BCUT2D eigenvalue weighted by atomic mass is 15.3. The van der Waals surface area contributed by atoms with Crippen LogP contribution in [0.2, 0.25) is 0 Å². The Morgan fingerprint density at radius 2 is 1.69 bits per heavy atom. The number of nitrogens with zero attached hydrogens (tertiary/aromatic N) is 7. The zero-order chi connectivity index (χ0) is 21.7. The van der Waals surface area contributed by atoms with Gasteiger partial charge in [0.1, 0.15) is 11.3 Å². The predicted molar refractivity (Wildman–Crippen MR) is 127 cm³/mol. The van der Waals surface area contributed by atoms with Gasteiger partial charge in [0.15, 0.2) is 5.82 Å². The molecular formula is C24H24N8. The number of anilines is 2. The van der Waals surface area contributed by atoms with Crippen molar-refractivity contribution in [3.63, 3.8) is 0 Å². The number of fused-ring (bicyclic) bond motifs is 2. The van der Waals surface area contributed by atoms with E-state index in [2.05, 4.69) is 49.4 Å². The van der Waals surface area contributed by atoms with Crippen LogP contribution in [0.25, 0.3) is 33.3 Å². The Balaban J connectivity index is 1.35. The summed E-state index contributed by atoms with van der Waals surface area (Å²) in [6.07, 6.45) is 11.4. The van der Waals surface area contributed by atoms with Crippen molar-refractivity contribution in [2.45, 2.75) is 6.92 Å². The molecule has 0 unspecified atom stereocenters. The predicted octanol–water partition coefficient (Wildman–Crippen LogP) is 3.54. The van der Waals surface area contributed by atoms with E-state index in [1.165, 1.54) is 11.3 Å². The van der Waals surface area contributed by atoms with E-state index in [1.54, 1.807) is 6.20 Å². The van der Waals surface area contributed by atoms with Gasteiger partial charge in [0.25, 0.3) is 0 Å². The van der Waals surface area contributed by atoms with E-state index in [4.69, 9.17) is 9.97 Å². The Hall–Kier alpha value is -3.94. The number of aryl methyl sites for hydroxylation is 2. The fraction of sp³-hybridized carbons (Fsp3) is 0.250. The van der Waals surface area contributed by atoms with Crippen LogP contribution in [-0.2, 0) is 7.05 Å². The highest BCUT2D eigenvalue weighted by Gasteiger charge is 2.23. The van der Waals surface area contributed by atoms with Gasteiger partial charge in [-0.1, -0.05) is 0 Å². The molecule has 0 amide bonds. The Morgan fingerprint density at radius 3 is 2.53 bits per heavy atom. The Kier molecular flexibility index (Phi) is 4.31. The highest BCUT2D eigenvalue weighted by molar-refractivity contribution is 5.97. The van der Waals surface area contributed by atoms with E-state index in [0.717, 1.165) is 65.3 Å². The van der Waals surface area contributed by atoms with Crippen LogP contribution in [0.5, 0.6) is 0 Å². The molecular weight excluding hydrogens is 400 g/mol. The first kappa shape index (κ1) is 18.8. The second-order valence-corrected chi connectivity index (χ2v) is 8.26. The lowest BCUT2D eigenvalue weighted by atomic mass is 10.2. The molecule has 5 aromatic heterocycles. The van der Waals surface area contributed by atoms with E-state index in [-0.39, 0.29) is 0 Å². The van der Waals surface area contributed by atoms with Crippen LogP contribution >= 0.6 is 0 Å². The van der Waals surface area contributed by atoms with E-state index in [1.807, 2.05) is 43.1 Å². The van der Waals surface area contributed by atoms with Gasteiger partial charge in [0.2, 0.25) is 0 Å². The third-order valence-corrected chi connectivity index (χ3v) is 6.42. The molecule has 0 aliphatic carbocycles. The molecule has 1 fully saturated rings. The fourth-order valence-electron chi connectivity index (χ4n) is 4.71. The number of aromatic nitrogens is 6. The maximum atomic E-state index is 5.06. The minimum absolute atomic E-state index is 0.900. The van der Waals surface area contributed by atoms with Gasteiger partial charge < -0.3 is 19.4 Å². The minimum Gasteiger partial charge on any atom is -0.368 e. The lowest BCUT2D eigenvalue weighted by Gasteiger charge is -2.37. The van der Waals surface area contributed by atoms with Crippen LogP contribution in [0.1, 0.15) is 5.56 Å². The summed E-state index contributed by atoms with van der Waals surface area (Å²) < 4.78 is 2.15. The molecule has 6 heterocycles. The van der Waals surface area contributed by atoms with Crippen LogP contribution in [0.3, 0.4) is 0 Å². The zero-order valence-corrected chi connectivity index (χ0v) is 18.2. The topological polar surface area (TPSA) is 78.8 Å². The summed E-state index contributed by atoms with van der Waals surface area (Å²) in [5.74, 6) is 1.87. The minimum atomic E-state index is 0.900. The number of hydrogen-bond acceptors (Lipinski definition) is 6. The first-order valence-electron chi connectivity index (χ1n) is 10.8. The number of imidazole rings is 1. The lowest BCUT2D eigenvalue weighted by Crippen LogP contribution is -2.47. The normalized spacial score (nSPS) is 14.6. The molecule has 1 aliphatic rings. The molecule has 1 N–H and O–H groups in total. The third-order valence-electron chi connectivity index (χ3n) is 6.42. The van der Waals surface area contributed by atoms with Crippen molar-refractivity contribution >= 4 is 33.4 Å². The molecule has 0 aromatic carbocycles. The quantitative estimate of drug-likeness (QED) is 0.477. The summed E-state index contributed by atoms with van der Waals surface area (Å²) in [6, 6.07) is 6.13. The molecule has 0 spiro atoms. The van der Waals surface area contributed by atoms with Crippen LogP contribution in [0.15, 0.2) is 55.4 Å². The number of H-pyrrole nitrogens is 1. The number of rotatable bonds is 3. The van der Waals surface area contributed by atoms with Gasteiger partial charge >= 0.3 is 0 Å². The van der Waals surface area contributed by atoms with Crippen LogP contribution < -0.4 is 9.80 Å². The second kappa shape index (κ2) is 7.33. The monoisotopic (exact) mass is 424 g/mol. The first-order valence-corrected chi connectivity index (χ1v) is 10.8. The SMILES string of the molecule is Cc1cnccc1N1CCN(c2nccc3c2nc(-c2c[nH]c4ccncc24)n3C)CC1. The van der Waals surface area contributed by atoms with Gasteiger partial charge in [-0.2, -0.15) is 0 Å². The second-order valence-electron chi connectivity index (χ2n) is 8.26. The molecule has 0 bridgehead atoms. The van der Waals surface area contributed by atoms with Gasteiger partial charge in [-0.3, -0.25) is 9.97 Å². The number of nitrogens with one attached hydrogen (secondary N) is 1. The van der Waals surface area contributed by atoms with E-state index < -0.39 is 0 Å². The standard InChI is InChI=1S/C24H24N8/c1-16-13-25-7-4-20(16)31-9-11-32(12-10-31)24-22-21(5-8-27-24)30(2)23(29-22)18-15-28-19-3-6-26-14-17(18)19/h3-8,13-15,28H,9-12H2,1-2H3. The summed E-state index contributed by atoms with van der Waals surface area (Å²) in [5.41, 5.74) is 6.61. The molecule has 160 valence electrons. The summed E-state index contributed by atoms with van der Waals surface area (Å²) in [5, 5.41) is 1.07. The van der Waals surface area contributed by atoms with Gasteiger partial charge in [-0.25, -0.2) is 9.97 Å². The van der Waals surface area contributed by atoms with E-state index >= 15 is 0 Å². The van der Waals surface area contributed by atoms with Crippen molar-refractivity contribution < 1.29 is 0 Å². The summed E-state index contributed by atoms with van der Waals surface area (Å²) >= 11 is 0. The maximum absolute atomic E-state index is 5.06. The summed E-state index contributed by atoms with van der Waals surface area (Å²) in [7, 11) is 2.06. The number of aromatic amines is 1. The smallest absolute Gasteiger partial charge is 0.156 e. The molecule has 0 atom stereocenters. The lowest BCUT2D eigenvalue weighted by molar-refractivity contribution is 0.647. The third kappa shape index (κ3) is 2.90. The Morgan fingerprint density at radius 1 is 0.906 bits per heavy atom. The van der Waals surface area contributed by atoms with Crippen LogP contribution in [-0.4, -0.2) is 55.7 Å². The highest BCUT2D eigenvalue weighted by Crippen LogP contribution is 2.33. The average molecular weight is 425 g/mol. The summed E-state index contributed by atoms with van der Waals surface area (Å²) in [4.78, 5) is 26.4. The van der Waals surface area contributed by atoms with Crippen molar-refractivity contribution in [3.8, 4) is 11.4 Å². The maximum Gasteiger partial charge on any atom is 0.156 e. The van der Waals surface area contributed by atoms with Crippen LogP contribution in [0, 0.1) is 6.92 Å². The van der Waals surface area contributed by atoms with Crippen molar-refractivity contribution in [2.24, 2.45) is 7.05 Å². The molecule has 1 saturated heterocycles. The molecule has 5 aromatic rings. The molecule has 32 heavy (non-hydrogen) atoms. The number of pyridine rings is 3. The van der Waals surface area contributed by atoms with Gasteiger partial charge in [0.05, 0.1) is 5.52 Å². The largest absolute Gasteiger partial charge is 0.368 e.